The Labute approximate surface area is 110 Å². The lowest BCUT2D eigenvalue weighted by atomic mass is 10.0. The van der Waals surface area contributed by atoms with Crippen LogP contribution in [0.2, 0.25) is 0 Å². The molecule has 0 spiro atoms. The Hall–Kier alpha value is -0.570. The average Bonchev–Trinajstić information content (AvgIpc) is 2.69. The van der Waals surface area contributed by atoms with E-state index in [4.69, 9.17) is 5.84 Å². The Morgan fingerprint density at radius 1 is 1.56 bits per heavy atom. The zero-order valence-corrected chi connectivity index (χ0v) is 11.1. The zero-order valence-electron chi connectivity index (χ0n) is 8.15. The number of hydrogen-bond donors (Lipinski definition) is 2. The normalized spacial score (nSPS) is 12.7. The van der Waals surface area contributed by atoms with Crippen LogP contribution in [0.4, 0.5) is 4.39 Å². The van der Waals surface area contributed by atoms with E-state index in [1.54, 1.807) is 23.6 Å². The zero-order chi connectivity index (χ0) is 11.5. The minimum absolute atomic E-state index is 0.331. The average molecular weight is 349 g/mol. The molecule has 0 bridgehead atoms. The summed E-state index contributed by atoms with van der Waals surface area (Å²) < 4.78 is 14.7. The number of nitrogens with one attached hydrogen (secondary N) is 1. The molecule has 3 N–H and O–H groups in total. The fourth-order valence-electron chi connectivity index (χ4n) is 1.46. The van der Waals surface area contributed by atoms with Gasteiger partial charge in [-0.25, -0.2) is 9.82 Å². The molecule has 0 saturated carbocycles. The lowest BCUT2D eigenvalue weighted by Crippen LogP contribution is -2.29. The van der Waals surface area contributed by atoms with Crippen LogP contribution < -0.4 is 11.3 Å². The molecule has 0 amide bonds. The number of hydrazine groups is 1. The van der Waals surface area contributed by atoms with E-state index in [2.05, 4.69) is 33.0 Å². The van der Waals surface area contributed by atoms with E-state index in [1.807, 2.05) is 11.4 Å². The number of nitrogens with two attached hydrogens (primary N) is 1. The molecule has 84 valence electrons. The van der Waals surface area contributed by atoms with Crippen molar-refractivity contribution in [3.05, 3.63) is 49.7 Å². The van der Waals surface area contributed by atoms with Gasteiger partial charge in [0.15, 0.2) is 0 Å². The minimum atomic E-state index is -0.355. The van der Waals surface area contributed by atoms with Crippen LogP contribution in [-0.4, -0.2) is 4.98 Å². The Balaban J connectivity index is 2.40. The first-order valence-corrected chi connectivity index (χ1v) is 6.47. The molecule has 6 heteroatoms. The first-order valence-electron chi connectivity index (χ1n) is 4.52. The Morgan fingerprint density at radius 2 is 2.38 bits per heavy atom. The second-order valence-corrected chi connectivity index (χ2v) is 5.99. The highest BCUT2D eigenvalue weighted by Crippen LogP contribution is 2.27. The van der Waals surface area contributed by atoms with Crippen LogP contribution in [0.5, 0.6) is 0 Å². The summed E-state index contributed by atoms with van der Waals surface area (Å²) in [6, 6.07) is 3.28. The van der Waals surface area contributed by atoms with Crippen LogP contribution in [0.15, 0.2) is 29.9 Å². The van der Waals surface area contributed by atoms with Gasteiger partial charge in [-0.15, -0.1) is 11.3 Å². The predicted octanol–water partition coefficient (Wildman–Crippen LogP) is 2.44. The van der Waals surface area contributed by atoms with Gasteiger partial charge in [0.2, 0.25) is 0 Å². The third kappa shape index (κ3) is 2.40. The van der Waals surface area contributed by atoms with Crippen LogP contribution >= 0.6 is 33.9 Å². The van der Waals surface area contributed by atoms with Crippen LogP contribution in [0.3, 0.4) is 0 Å². The third-order valence-corrected chi connectivity index (χ3v) is 4.01. The molecule has 2 heterocycles. The molecule has 2 aromatic rings. The SMILES string of the molecule is NNC(c1csc(I)c1)c1ccncc1F. The highest BCUT2D eigenvalue weighted by molar-refractivity contribution is 14.1. The Kier molecular flexibility index (Phi) is 3.85. The van der Waals surface area contributed by atoms with E-state index in [9.17, 15) is 4.39 Å². The largest absolute Gasteiger partial charge is 0.271 e. The first kappa shape index (κ1) is 11.9. The number of pyridine rings is 1. The quantitative estimate of drug-likeness (QED) is 0.509. The van der Waals surface area contributed by atoms with Crippen molar-refractivity contribution in [3.63, 3.8) is 0 Å². The van der Waals surface area contributed by atoms with E-state index in [1.165, 1.54) is 6.20 Å². The number of halogens is 2. The summed E-state index contributed by atoms with van der Waals surface area (Å²) >= 11 is 3.82. The maximum Gasteiger partial charge on any atom is 0.146 e. The Morgan fingerprint density at radius 3 is 2.94 bits per heavy atom. The van der Waals surface area contributed by atoms with Gasteiger partial charge in [0, 0.05) is 11.8 Å². The molecule has 3 nitrogen and oxygen atoms in total. The summed E-state index contributed by atoms with van der Waals surface area (Å²) in [4.78, 5) is 3.72. The molecule has 0 saturated heterocycles. The van der Waals surface area contributed by atoms with Crippen molar-refractivity contribution in [1.82, 2.24) is 10.4 Å². The van der Waals surface area contributed by atoms with Crippen LogP contribution in [0.25, 0.3) is 0 Å². The first-order chi connectivity index (χ1) is 7.72. The molecule has 0 radical (unpaired) electrons. The lowest BCUT2D eigenvalue weighted by Gasteiger charge is -2.15. The van der Waals surface area contributed by atoms with Gasteiger partial charge in [-0.1, -0.05) is 0 Å². The molecule has 0 aromatic carbocycles. The fraction of sp³-hybridized carbons (Fsp3) is 0.100. The van der Waals surface area contributed by atoms with Crippen molar-refractivity contribution in [2.24, 2.45) is 5.84 Å². The maximum absolute atomic E-state index is 13.6. The summed E-state index contributed by atoms with van der Waals surface area (Å²) in [5, 5.41) is 1.96. The second-order valence-electron chi connectivity index (χ2n) is 3.18. The highest BCUT2D eigenvalue weighted by Gasteiger charge is 2.17. The smallest absolute Gasteiger partial charge is 0.146 e. The standard InChI is InChI=1S/C10H9FIN3S/c11-8-4-14-2-1-7(8)10(15-13)6-3-9(12)16-5-6/h1-5,10,15H,13H2. The van der Waals surface area contributed by atoms with Gasteiger partial charge >= 0.3 is 0 Å². The van der Waals surface area contributed by atoms with Crippen LogP contribution in [-0.2, 0) is 0 Å². The molecule has 0 aliphatic carbocycles. The van der Waals surface area contributed by atoms with Gasteiger partial charge in [-0.2, -0.15) is 0 Å². The van der Waals surface area contributed by atoms with Gasteiger partial charge < -0.3 is 0 Å². The molecule has 0 fully saturated rings. The number of thiophene rings is 1. The summed E-state index contributed by atoms with van der Waals surface area (Å²) in [5.41, 5.74) is 4.09. The van der Waals surface area contributed by atoms with E-state index in [-0.39, 0.29) is 11.9 Å². The van der Waals surface area contributed by atoms with Crippen molar-refractivity contribution >= 4 is 33.9 Å². The Bertz CT molecular complexity index is 488. The predicted molar refractivity (Wildman–Crippen MR) is 70.4 cm³/mol. The van der Waals surface area contributed by atoms with Gasteiger partial charge in [0.1, 0.15) is 5.82 Å². The van der Waals surface area contributed by atoms with Crippen molar-refractivity contribution in [2.45, 2.75) is 6.04 Å². The third-order valence-electron chi connectivity index (χ3n) is 2.20. The van der Waals surface area contributed by atoms with Crippen molar-refractivity contribution in [2.75, 3.05) is 0 Å². The van der Waals surface area contributed by atoms with E-state index in [0.717, 1.165) is 8.45 Å². The van der Waals surface area contributed by atoms with Gasteiger partial charge in [0.05, 0.1) is 15.1 Å². The summed E-state index contributed by atoms with van der Waals surface area (Å²) in [5.74, 6) is 5.13. The molecule has 1 unspecified atom stereocenters. The lowest BCUT2D eigenvalue weighted by molar-refractivity contribution is 0.556. The van der Waals surface area contributed by atoms with Crippen molar-refractivity contribution in [1.29, 1.82) is 0 Å². The molecule has 1 atom stereocenters. The fourth-order valence-corrected chi connectivity index (χ4v) is 2.86. The number of hydrogen-bond acceptors (Lipinski definition) is 4. The van der Waals surface area contributed by atoms with E-state index >= 15 is 0 Å². The second kappa shape index (κ2) is 5.17. The molecule has 2 rings (SSSR count). The summed E-state index contributed by atoms with van der Waals surface area (Å²) in [6.45, 7) is 0. The van der Waals surface area contributed by atoms with Gasteiger partial charge in [-0.05, 0) is 45.7 Å². The van der Waals surface area contributed by atoms with E-state index < -0.39 is 0 Å². The van der Waals surface area contributed by atoms with Crippen molar-refractivity contribution in [3.8, 4) is 0 Å². The summed E-state index contributed by atoms with van der Waals surface area (Å²) in [7, 11) is 0. The van der Waals surface area contributed by atoms with E-state index in [0.29, 0.717) is 5.56 Å². The topological polar surface area (TPSA) is 50.9 Å². The maximum atomic E-state index is 13.6. The van der Waals surface area contributed by atoms with Crippen LogP contribution in [0.1, 0.15) is 17.2 Å². The molecule has 16 heavy (non-hydrogen) atoms. The molecular formula is C10H9FIN3S. The molecule has 0 aliphatic heterocycles. The molecule has 0 aliphatic rings. The monoisotopic (exact) mass is 349 g/mol. The van der Waals surface area contributed by atoms with Gasteiger partial charge in [-0.3, -0.25) is 10.8 Å². The summed E-state index contributed by atoms with van der Waals surface area (Å²) in [6.07, 6.45) is 2.75. The number of nitrogens with zero attached hydrogens (tertiary/aromatic N) is 1. The van der Waals surface area contributed by atoms with Gasteiger partial charge in [0.25, 0.3) is 0 Å². The molecular weight excluding hydrogens is 340 g/mol. The van der Waals surface area contributed by atoms with Crippen LogP contribution in [0, 0.1) is 8.70 Å². The number of aromatic nitrogens is 1. The van der Waals surface area contributed by atoms with Crippen molar-refractivity contribution < 1.29 is 4.39 Å². The molecule has 2 aromatic heterocycles. The minimum Gasteiger partial charge on any atom is -0.271 e. The highest BCUT2D eigenvalue weighted by atomic mass is 127. The number of rotatable bonds is 3.